The van der Waals surface area contributed by atoms with Crippen molar-refractivity contribution in [1.29, 1.82) is 0 Å². The maximum Gasteiger partial charge on any atom is 0.326 e. The molecule has 2 amide bonds. The Morgan fingerprint density at radius 3 is 2.05 bits per heavy atom. The second kappa shape index (κ2) is 8.09. The van der Waals surface area contributed by atoms with E-state index in [0.717, 1.165) is 13.0 Å². The van der Waals surface area contributed by atoms with Crippen LogP contribution in [0.3, 0.4) is 0 Å². The van der Waals surface area contributed by atoms with Crippen molar-refractivity contribution >= 4 is 12.0 Å². The van der Waals surface area contributed by atoms with Gasteiger partial charge in [-0.15, -0.1) is 0 Å². The van der Waals surface area contributed by atoms with Crippen LogP contribution in [0, 0.1) is 5.41 Å². The molecule has 0 aliphatic rings. The van der Waals surface area contributed by atoms with Gasteiger partial charge in [0.15, 0.2) is 0 Å². The molecule has 6 heteroatoms. The SMILES string of the molecule is CCCN(CCN(C)C)C(=O)N[C@H](C(=O)O)C(C)(C)C. The normalized spacial score (nSPS) is 13.2. The molecule has 0 bridgehead atoms. The Kier molecular flexibility index (Phi) is 7.57. The predicted octanol–water partition coefficient (Wildman–Crippen LogP) is 1.47. The zero-order valence-corrected chi connectivity index (χ0v) is 13.6. The van der Waals surface area contributed by atoms with E-state index in [1.54, 1.807) is 25.7 Å². The van der Waals surface area contributed by atoms with Gasteiger partial charge < -0.3 is 20.2 Å². The number of likely N-dealkylation sites (N-methyl/N-ethyl adjacent to an activating group) is 1. The summed E-state index contributed by atoms with van der Waals surface area (Å²) in [6.45, 7) is 9.36. The van der Waals surface area contributed by atoms with E-state index in [0.29, 0.717) is 13.1 Å². The fourth-order valence-electron chi connectivity index (χ4n) is 1.77. The molecule has 0 unspecified atom stereocenters. The van der Waals surface area contributed by atoms with E-state index in [9.17, 15) is 14.7 Å². The molecular formula is C14H29N3O3. The minimum Gasteiger partial charge on any atom is -0.480 e. The van der Waals surface area contributed by atoms with Crippen LogP contribution in [0.25, 0.3) is 0 Å². The van der Waals surface area contributed by atoms with Crippen molar-refractivity contribution < 1.29 is 14.7 Å². The molecule has 0 aromatic carbocycles. The highest BCUT2D eigenvalue weighted by Crippen LogP contribution is 2.19. The van der Waals surface area contributed by atoms with Gasteiger partial charge >= 0.3 is 12.0 Å². The molecule has 0 aromatic rings. The van der Waals surface area contributed by atoms with Crippen molar-refractivity contribution in [2.75, 3.05) is 33.7 Å². The quantitative estimate of drug-likeness (QED) is 0.743. The predicted molar refractivity (Wildman–Crippen MR) is 79.8 cm³/mol. The number of amides is 2. The van der Waals surface area contributed by atoms with Gasteiger partial charge in [-0.2, -0.15) is 0 Å². The number of rotatable bonds is 7. The van der Waals surface area contributed by atoms with Crippen molar-refractivity contribution in [3.63, 3.8) is 0 Å². The summed E-state index contributed by atoms with van der Waals surface area (Å²) < 4.78 is 0. The fourth-order valence-corrected chi connectivity index (χ4v) is 1.77. The number of aliphatic carboxylic acids is 1. The summed E-state index contributed by atoms with van der Waals surface area (Å²) >= 11 is 0. The Morgan fingerprint density at radius 2 is 1.70 bits per heavy atom. The summed E-state index contributed by atoms with van der Waals surface area (Å²) in [4.78, 5) is 27.2. The van der Waals surface area contributed by atoms with Crippen LogP contribution in [-0.4, -0.2) is 66.7 Å². The summed E-state index contributed by atoms with van der Waals surface area (Å²) in [5.74, 6) is -1.00. The lowest BCUT2D eigenvalue weighted by molar-refractivity contribution is -0.142. The number of urea groups is 1. The molecule has 20 heavy (non-hydrogen) atoms. The van der Waals surface area contributed by atoms with Crippen LogP contribution in [-0.2, 0) is 4.79 Å². The third-order valence-electron chi connectivity index (χ3n) is 2.98. The van der Waals surface area contributed by atoms with Crippen molar-refractivity contribution in [2.45, 2.75) is 40.2 Å². The topological polar surface area (TPSA) is 72.9 Å². The first-order valence-electron chi connectivity index (χ1n) is 7.02. The molecule has 0 saturated heterocycles. The monoisotopic (exact) mass is 287 g/mol. The molecule has 6 nitrogen and oxygen atoms in total. The van der Waals surface area contributed by atoms with E-state index >= 15 is 0 Å². The molecule has 0 spiro atoms. The third kappa shape index (κ3) is 6.75. The Labute approximate surface area is 122 Å². The van der Waals surface area contributed by atoms with Gasteiger partial charge in [-0.3, -0.25) is 0 Å². The highest BCUT2D eigenvalue weighted by Gasteiger charge is 2.33. The number of hydrogen-bond donors (Lipinski definition) is 2. The van der Waals surface area contributed by atoms with Gasteiger partial charge in [0.1, 0.15) is 6.04 Å². The molecule has 1 atom stereocenters. The molecule has 0 heterocycles. The number of nitrogens with one attached hydrogen (secondary N) is 1. The highest BCUT2D eigenvalue weighted by atomic mass is 16.4. The first-order valence-corrected chi connectivity index (χ1v) is 7.02. The van der Waals surface area contributed by atoms with Gasteiger partial charge in [-0.1, -0.05) is 27.7 Å². The molecule has 0 rings (SSSR count). The summed E-state index contributed by atoms with van der Waals surface area (Å²) in [5, 5.41) is 11.9. The van der Waals surface area contributed by atoms with Gasteiger partial charge in [0.05, 0.1) is 0 Å². The second-order valence-corrected chi connectivity index (χ2v) is 6.38. The van der Waals surface area contributed by atoms with E-state index in [4.69, 9.17) is 0 Å². The Bertz CT molecular complexity index is 324. The van der Waals surface area contributed by atoms with E-state index in [1.165, 1.54) is 0 Å². The first kappa shape index (κ1) is 18.7. The number of nitrogens with zero attached hydrogens (tertiary/aromatic N) is 2. The van der Waals surface area contributed by atoms with E-state index in [1.807, 2.05) is 25.9 Å². The molecule has 0 aliphatic carbocycles. The average Bonchev–Trinajstić information content (AvgIpc) is 2.28. The standard InChI is InChI=1S/C14H29N3O3/c1-7-8-17(10-9-16(5)6)13(20)15-11(12(18)19)14(2,3)4/h11H,7-10H2,1-6H3,(H,15,20)(H,18,19)/t11-/m1/s1. The lowest BCUT2D eigenvalue weighted by Crippen LogP contribution is -2.54. The zero-order chi connectivity index (χ0) is 15.9. The minimum absolute atomic E-state index is 0.309. The molecule has 0 fully saturated rings. The zero-order valence-electron chi connectivity index (χ0n) is 13.6. The first-order chi connectivity index (χ1) is 9.09. The van der Waals surface area contributed by atoms with Crippen molar-refractivity contribution in [2.24, 2.45) is 5.41 Å². The Morgan fingerprint density at radius 1 is 1.15 bits per heavy atom. The van der Waals surface area contributed by atoms with Crippen molar-refractivity contribution in [3.05, 3.63) is 0 Å². The largest absolute Gasteiger partial charge is 0.480 e. The Balaban J connectivity index is 4.75. The van der Waals surface area contributed by atoms with Crippen LogP contribution < -0.4 is 5.32 Å². The number of carboxylic acids is 1. The van der Waals surface area contributed by atoms with Crippen LogP contribution in [0.2, 0.25) is 0 Å². The van der Waals surface area contributed by atoms with E-state index < -0.39 is 17.4 Å². The number of carbonyl (C=O) groups is 2. The van der Waals surface area contributed by atoms with Gasteiger partial charge in [0.2, 0.25) is 0 Å². The van der Waals surface area contributed by atoms with Gasteiger partial charge in [-0.05, 0) is 25.9 Å². The van der Waals surface area contributed by atoms with E-state index in [-0.39, 0.29) is 6.03 Å². The van der Waals surface area contributed by atoms with Crippen molar-refractivity contribution in [1.82, 2.24) is 15.1 Å². The maximum atomic E-state index is 12.2. The molecule has 0 saturated carbocycles. The van der Waals surface area contributed by atoms with Gasteiger partial charge in [0.25, 0.3) is 0 Å². The van der Waals surface area contributed by atoms with Crippen LogP contribution >= 0.6 is 0 Å². The summed E-state index contributed by atoms with van der Waals surface area (Å²) in [5.41, 5.74) is -0.527. The van der Waals surface area contributed by atoms with Crippen LogP contribution in [0.15, 0.2) is 0 Å². The Hall–Kier alpha value is -1.30. The molecule has 0 radical (unpaired) electrons. The highest BCUT2D eigenvalue weighted by molar-refractivity contribution is 5.83. The summed E-state index contributed by atoms with van der Waals surface area (Å²) in [6.07, 6.45) is 0.841. The number of carboxylic acid groups (broad SMARTS) is 1. The molecule has 2 N–H and O–H groups in total. The maximum absolute atomic E-state index is 12.2. The average molecular weight is 287 g/mol. The summed E-state index contributed by atoms with van der Waals surface area (Å²) in [7, 11) is 3.88. The molecular weight excluding hydrogens is 258 g/mol. The van der Waals surface area contributed by atoms with Crippen LogP contribution in [0.1, 0.15) is 34.1 Å². The van der Waals surface area contributed by atoms with Crippen LogP contribution in [0.5, 0.6) is 0 Å². The van der Waals surface area contributed by atoms with E-state index in [2.05, 4.69) is 5.32 Å². The third-order valence-corrected chi connectivity index (χ3v) is 2.98. The van der Waals surface area contributed by atoms with Crippen LogP contribution in [0.4, 0.5) is 4.79 Å². The summed E-state index contributed by atoms with van der Waals surface area (Å²) in [6, 6.07) is -1.20. The number of carbonyl (C=O) groups excluding carboxylic acids is 1. The fraction of sp³-hybridized carbons (Fsp3) is 0.857. The lowest BCUT2D eigenvalue weighted by Gasteiger charge is -2.31. The molecule has 118 valence electrons. The van der Waals surface area contributed by atoms with Crippen molar-refractivity contribution in [3.8, 4) is 0 Å². The lowest BCUT2D eigenvalue weighted by atomic mass is 9.87. The van der Waals surface area contributed by atoms with Gasteiger partial charge in [-0.25, -0.2) is 9.59 Å². The van der Waals surface area contributed by atoms with Gasteiger partial charge in [0, 0.05) is 19.6 Å². The minimum atomic E-state index is -1.00. The molecule has 0 aliphatic heterocycles. The molecule has 0 aromatic heterocycles. The smallest absolute Gasteiger partial charge is 0.326 e. The number of hydrogen-bond acceptors (Lipinski definition) is 3. The second-order valence-electron chi connectivity index (χ2n) is 6.38.